The fraction of sp³-hybridized carbons (Fsp3) is 0.200. The Morgan fingerprint density at radius 3 is 2.39 bits per heavy atom. The van der Waals surface area contributed by atoms with Crippen molar-refractivity contribution in [1.29, 1.82) is 0 Å². The third kappa shape index (κ3) is 5.21. The van der Waals surface area contributed by atoms with Crippen LogP contribution in [0.25, 0.3) is 0 Å². The predicted octanol–water partition coefficient (Wildman–Crippen LogP) is 5.62. The molecule has 1 N–H and O–H groups in total. The van der Waals surface area contributed by atoms with Crippen molar-refractivity contribution in [3.8, 4) is 11.5 Å². The molecule has 0 aliphatic carbocycles. The molecular weight excluding hydrogens is 477 g/mol. The lowest BCUT2D eigenvalue weighted by molar-refractivity contribution is -0.386. The SMILES string of the molecule is Cc1nn(C(C)C(=O)Nc2cc(Oc3ccc(Cl)cc3Cl)cc([N+](=O)[O-])c2)c(C)c1[N+](=O)[O-]. The lowest BCUT2D eigenvalue weighted by atomic mass is 10.2. The van der Waals surface area contributed by atoms with Crippen molar-refractivity contribution in [3.05, 3.63) is 78.1 Å². The van der Waals surface area contributed by atoms with E-state index in [1.807, 2.05) is 0 Å². The second kappa shape index (κ2) is 9.43. The number of nitrogens with one attached hydrogen (secondary N) is 1. The highest BCUT2D eigenvalue weighted by Crippen LogP contribution is 2.35. The van der Waals surface area contributed by atoms with Gasteiger partial charge >= 0.3 is 5.69 Å². The number of benzene rings is 2. The highest BCUT2D eigenvalue weighted by Gasteiger charge is 2.27. The second-order valence-corrected chi connectivity index (χ2v) is 7.88. The number of carbonyl (C=O) groups is 1. The van der Waals surface area contributed by atoms with Crippen LogP contribution in [-0.4, -0.2) is 25.5 Å². The van der Waals surface area contributed by atoms with E-state index >= 15 is 0 Å². The molecule has 0 radical (unpaired) electrons. The third-order valence-electron chi connectivity index (χ3n) is 4.71. The first kappa shape index (κ1) is 24.0. The Morgan fingerprint density at radius 1 is 1.12 bits per heavy atom. The smallest absolute Gasteiger partial charge is 0.312 e. The molecule has 0 saturated heterocycles. The molecule has 2 aromatic carbocycles. The standard InChI is InChI=1S/C20H17Cl2N5O6/c1-10-19(27(31)32)11(2)25(24-10)12(3)20(28)23-14-7-15(26(29)30)9-16(8-14)33-18-5-4-13(21)6-17(18)22/h4-9,12H,1-3H3,(H,23,28). The van der Waals surface area contributed by atoms with Crippen molar-refractivity contribution in [2.75, 3.05) is 5.32 Å². The molecule has 1 amide bonds. The molecule has 1 atom stereocenters. The summed E-state index contributed by atoms with van der Waals surface area (Å²) in [6.07, 6.45) is 0. The van der Waals surface area contributed by atoms with Gasteiger partial charge in [0.25, 0.3) is 5.69 Å². The molecule has 13 heteroatoms. The summed E-state index contributed by atoms with van der Waals surface area (Å²) in [5.74, 6) is -0.327. The molecule has 0 bridgehead atoms. The predicted molar refractivity (Wildman–Crippen MR) is 121 cm³/mol. The van der Waals surface area contributed by atoms with Crippen LogP contribution in [0.5, 0.6) is 11.5 Å². The average molecular weight is 494 g/mol. The molecule has 0 fully saturated rings. The number of non-ortho nitro benzene ring substituents is 1. The number of nitro groups is 2. The summed E-state index contributed by atoms with van der Waals surface area (Å²) in [5.41, 5.74) is -0.0522. The lowest BCUT2D eigenvalue weighted by Gasteiger charge is -2.15. The van der Waals surface area contributed by atoms with Gasteiger partial charge in [0, 0.05) is 17.2 Å². The summed E-state index contributed by atoms with van der Waals surface area (Å²) in [5, 5.41) is 29.8. The van der Waals surface area contributed by atoms with Gasteiger partial charge in [-0.3, -0.25) is 29.7 Å². The van der Waals surface area contributed by atoms with Crippen LogP contribution in [0.2, 0.25) is 10.0 Å². The number of hydrogen-bond acceptors (Lipinski definition) is 7. The molecule has 1 heterocycles. The third-order valence-corrected chi connectivity index (χ3v) is 5.24. The van der Waals surface area contributed by atoms with Crippen LogP contribution in [0.3, 0.4) is 0 Å². The summed E-state index contributed by atoms with van der Waals surface area (Å²) < 4.78 is 6.88. The normalized spacial score (nSPS) is 11.7. The average Bonchev–Trinajstić information content (AvgIpc) is 3.03. The number of ether oxygens (including phenoxy) is 1. The Hall–Kier alpha value is -3.70. The molecule has 172 valence electrons. The number of aromatic nitrogens is 2. The Morgan fingerprint density at radius 2 is 1.82 bits per heavy atom. The van der Waals surface area contributed by atoms with E-state index < -0.39 is 21.8 Å². The van der Waals surface area contributed by atoms with Crippen molar-refractivity contribution < 1.29 is 19.4 Å². The lowest BCUT2D eigenvalue weighted by Crippen LogP contribution is -2.25. The van der Waals surface area contributed by atoms with E-state index in [-0.39, 0.29) is 45.0 Å². The Bertz CT molecular complexity index is 1280. The number of nitro benzene ring substituents is 1. The number of carbonyl (C=O) groups excluding carboxylic acids is 1. The molecule has 0 aliphatic rings. The zero-order valence-electron chi connectivity index (χ0n) is 17.5. The van der Waals surface area contributed by atoms with Crippen molar-refractivity contribution in [2.45, 2.75) is 26.8 Å². The van der Waals surface area contributed by atoms with Gasteiger partial charge in [-0.15, -0.1) is 0 Å². The van der Waals surface area contributed by atoms with Crippen molar-refractivity contribution in [1.82, 2.24) is 9.78 Å². The highest BCUT2D eigenvalue weighted by atomic mass is 35.5. The maximum absolute atomic E-state index is 12.8. The molecule has 11 nitrogen and oxygen atoms in total. The van der Waals surface area contributed by atoms with Gasteiger partial charge in [-0.25, -0.2) is 0 Å². The van der Waals surface area contributed by atoms with Crippen LogP contribution < -0.4 is 10.1 Å². The molecule has 3 aromatic rings. The van der Waals surface area contributed by atoms with Crippen molar-refractivity contribution in [3.63, 3.8) is 0 Å². The minimum absolute atomic E-state index is 0.0538. The second-order valence-electron chi connectivity index (χ2n) is 7.04. The molecule has 1 unspecified atom stereocenters. The highest BCUT2D eigenvalue weighted by molar-refractivity contribution is 6.35. The number of hydrogen-bond donors (Lipinski definition) is 1. The van der Waals surface area contributed by atoms with E-state index in [2.05, 4.69) is 10.4 Å². The topological polar surface area (TPSA) is 142 Å². The van der Waals surface area contributed by atoms with E-state index in [9.17, 15) is 25.0 Å². The number of halogens is 2. The molecule has 1 aromatic heterocycles. The van der Waals surface area contributed by atoms with Crippen LogP contribution in [0.1, 0.15) is 24.4 Å². The Labute approximate surface area is 197 Å². The Balaban J connectivity index is 1.89. The van der Waals surface area contributed by atoms with Crippen LogP contribution >= 0.6 is 23.2 Å². The fourth-order valence-corrected chi connectivity index (χ4v) is 3.61. The maximum atomic E-state index is 12.8. The summed E-state index contributed by atoms with van der Waals surface area (Å²) in [6, 6.07) is 7.27. The number of nitrogens with zero attached hydrogens (tertiary/aromatic N) is 4. The minimum Gasteiger partial charge on any atom is -0.455 e. The van der Waals surface area contributed by atoms with Gasteiger partial charge in [0.15, 0.2) is 0 Å². The van der Waals surface area contributed by atoms with Crippen LogP contribution in [0, 0.1) is 34.1 Å². The quantitative estimate of drug-likeness (QED) is 0.332. The van der Waals surface area contributed by atoms with Gasteiger partial charge in [0.05, 0.1) is 26.6 Å². The first-order chi connectivity index (χ1) is 15.5. The van der Waals surface area contributed by atoms with E-state index in [4.69, 9.17) is 27.9 Å². The fourth-order valence-electron chi connectivity index (χ4n) is 3.16. The van der Waals surface area contributed by atoms with Gasteiger partial charge in [0.2, 0.25) is 5.91 Å². The molecular formula is C20H17Cl2N5O6. The van der Waals surface area contributed by atoms with Crippen molar-refractivity contribution in [2.24, 2.45) is 0 Å². The van der Waals surface area contributed by atoms with Crippen LogP contribution in [0.15, 0.2) is 36.4 Å². The largest absolute Gasteiger partial charge is 0.455 e. The van der Waals surface area contributed by atoms with Gasteiger partial charge in [-0.2, -0.15) is 5.10 Å². The van der Waals surface area contributed by atoms with E-state index in [1.54, 1.807) is 0 Å². The molecule has 3 rings (SSSR count). The van der Waals surface area contributed by atoms with E-state index in [0.717, 1.165) is 6.07 Å². The zero-order valence-corrected chi connectivity index (χ0v) is 19.0. The number of rotatable bonds is 7. The van der Waals surface area contributed by atoms with Gasteiger partial charge in [-0.1, -0.05) is 23.2 Å². The van der Waals surface area contributed by atoms with Crippen LogP contribution in [-0.2, 0) is 4.79 Å². The molecule has 0 aliphatic heterocycles. The summed E-state index contributed by atoms with van der Waals surface area (Å²) >= 11 is 12.0. The number of amides is 1. The van der Waals surface area contributed by atoms with Crippen molar-refractivity contribution >= 4 is 46.2 Å². The van der Waals surface area contributed by atoms with Gasteiger partial charge < -0.3 is 10.1 Å². The summed E-state index contributed by atoms with van der Waals surface area (Å²) in [6.45, 7) is 4.45. The maximum Gasteiger partial charge on any atom is 0.312 e. The number of anilines is 1. The minimum atomic E-state index is -0.938. The first-order valence-corrected chi connectivity index (χ1v) is 10.2. The Kier molecular flexibility index (Phi) is 6.84. The van der Waals surface area contributed by atoms with Gasteiger partial charge in [0.1, 0.15) is 28.9 Å². The summed E-state index contributed by atoms with van der Waals surface area (Å²) in [7, 11) is 0. The molecule has 0 saturated carbocycles. The van der Waals surface area contributed by atoms with Crippen LogP contribution in [0.4, 0.5) is 17.1 Å². The molecule has 33 heavy (non-hydrogen) atoms. The molecule has 0 spiro atoms. The zero-order chi connectivity index (χ0) is 24.4. The summed E-state index contributed by atoms with van der Waals surface area (Å²) in [4.78, 5) is 34.2. The number of aryl methyl sites for hydroxylation is 1. The van der Waals surface area contributed by atoms with Gasteiger partial charge in [-0.05, 0) is 39.0 Å². The first-order valence-electron chi connectivity index (χ1n) is 9.41. The monoisotopic (exact) mass is 493 g/mol. The van der Waals surface area contributed by atoms with E-state index in [1.165, 1.54) is 55.8 Å². The van der Waals surface area contributed by atoms with E-state index in [0.29, 0.717) is 5.02 Å².